The van der Waals surface area contributed by atoms with Gasteiger partial charge in [-0.1, -0.05) is 12.1 Å². The van der Waals surface area contributed by atoms with E-state index in [1.165, 1.54) is 0 Å². The Hall–Kier alpha value is -2.28. The second-order valence-electron chi connectivity index (χ2n) is 4.31. The molecule has 0 radical (unpaired) electrons. The van der Waals surface area contributed by atoms with Gasteiger partial charge in [0.15, 0.2) is 0 Å². The predicted octanol–water partition coefficient (Wildman–Crippen LogP) is 1.12. The molecular formula is C14H20N2O5. The van der Waals surface area contributed by atoms with E-state index >= 15 is 0 Å². The van der Waals surface area contributed by atoms with E-state index in [-0.39, 0.29) is 6.61 Å². The van der Waals surface area contributed by atoms with Gasteiger partial charge in [0.25, 0.3) is 0 Å². The fourth-order valence-electron chi connectivity index (χ4n) is 1.47. The van der Waals surface area contributed by atoms with Crippen molar-refractivity contribution >= 4 is 12.1 Å². The van der Waals surface area contributed by atoms with Gasteiger partial charge in [0, 0.05) is 0 Å². The topological polar surface area (TPSA) is 111 Å². The maximum atomic E-state index is 11.2. The van der Waals surface area contributed by atoms with Crippen LogP contribution in [0.2, 0.25) is 0 Å². The number of aliphatic carboxylic acids is 1. The highest BCUT2D eigenvalue weighted by Crippen LogP contribution is 2.13. The van der Waals surface area contributed by atoms with Crippen molar-refractivity contribution in [1.82, 2.24) is 5.32 Å². The average molecular weight is 296 g/mol. The summed E-state index contributed by atoms with van der Waals surface area (Å²) in [5.74, 6) is -0.380. The number of alkyl carbamates (subject to hydrolysis) is 1. The van der Waals surface area contributed by atoms with Gasteiger partial charge in [0.05, 0.1) is 6.61 Å². The lowest BCUT2D eigenvalue weighted by Gasteiger charge is -2.08. The molecule has 0 atom stereocenters. The van der Waals surface area contributed by atoms with Gasteiger partial charge in [-0.25, -0.2) is 4.79 Å². The Bertz CT molecular complexity index is 447. The summed E-state index contributed by atoms with van der Waals surface area (Å²) in [5.41, 5.74) is 6.18. The summed E-state index contributed by atoms with van der Waals surface area (Å²) in [6.45, 7) is 0.877. The lowest BCUT2D eigenvalue weighted by Crippen LogP contribution is -2.29. The van der Waals surface area contributed by atoms with Crippen molar-refractivity contribution in [3.8, 4) is 5.75 Å². The lowest BCUT2D eigenvalue weighted by atomic mass is 10.2. The molecule has 1 amide bonds. The maximum absolute atomic E-state index is 11.2. The first kappa shape index (κ1) is 16.8. The van der Waals surface area contributed by atoms with Gasteiger partial charge in [-0.2, -0.15) is 0 Å². The normalized spacial score (nSPS) is 9.95. The molecule has 1 aromatic carbocycles. The molecule has 1 aromatic rings. The minimum absolute atomic E-state index is 0.0684. The van der Waals surface area contributed by atoms with E-state index in [1.54, 1.807) is 24.3 Å². The van der Waals surface area contributed by atoms with Crippen molar-refractivity contribution < 1.29 is 24.2 Å². The highest BCUT2D eigenvalue weighted by molar-refractivity contribution is 5.76. The number of carbonyl (C=O) groups excluding carboxylic acids is 1. The van der Waals surface area contributed by atoms with Crippen LogP contribution in [-0.4, -0.2) is 36.9 Å². The zero-order valence-electron chi connectivity index (χ0n) is 11.7. The largest absolute Gasteiger partial charge is 0.494 e. The SMILES string of the molecule is NCCCCOc1ccc(COC(=O)NCC(=O)O)cc1. The summed E-state index contributed by atoms with van der Waals surface area (Å²) >= 11 is 0. The van der Waals surface area contributed by atoms with Gasteiger partial charge in [0.1, 0.15) is 18.9 Å². The van der Waals surface area contributed by atoms with Gasteiger partial charge >= 0.3 is 12.1 Å². The second kappa shape index (κ2) is 9.60. The first-order valence-electron chi connectivity index (χ1n) is 6.66. The number of benzene rings is 1. The lowest BCUT2D eigenvalue weighted by molar-refractivity contribution is -0.135. The number of carboxylic acids is 1. The molecule has 0 aliphatic rings. The number of rotatable bonds is 9. The van der Waals surface area contributed by atoms with Crippen LogP contribution in [0.15, 0.2) is 24.3 Å². The van der Waals surface area contributed by atoms with Gasteiger partial charge in [-0.05, 0) is 37.1 Å². The predicted molar refractivity (Wildman–Crippen MR) is 76.0 cm³/mol. The Kier molecular flexibility index (Phi) is 7.67. The zero-order valence-corrected chi connectivity index (χ0v) is 11.7. The first-order valence-corrected chi connectivity index (χ1v) is 6.66. The zero-order chi connectivity index (χ0) is 15.5. The van der Waals surface area contributed by atoms with Crippen molar-refractivity contribution in [2.24, 2.45) is 5.73 Å². The number of hydrogen-bond donors (Lipinski definition) is 3. The smallest absolute Gasteiger partial charge is 0.407 e. The van der Waals surface area contributed by atoms with E-state index in [2.05, 4.69) is 5.32 Å². The van der Waals surface area contributed by atoms with Crippen molar-refractivity contribution in [3.05, 3.63) is 29.8 Å². The average Bonchev–Trinajstić information content (AvgIpc) is 2.48. The number of hydrogen-bond acceptors (Lipinski definition) is 5. The molecule has 0 bridgehead atoms. The minimum Gasteiger partial charge on any atom is -0.494 e. The van der Waals surface area contributed by atoms with Crippen LogP contribution in [-0.2, 0) is 16.1 Å². The molecule has 1 rings (SSSR count). The quantitative estimate of drug-likeness (QED) is 0.589. The van der Waals surface area contributed by atoms with Crippen LogP contribution in [0.4, 0.5) is 4.79 Å². The molecule has 0 saturated heterocycles. The molecule has 0 aliphatic heterocycles. The Labute approximate surface area is 123 Å². The van der Waals surface area contributed by atoms with Gasteiger partial charge in [-0.15, -0.1) is 0 Å². The first-order chi connectivity index (χ1) is 10.1. The number of ether oxygens (including phenoxy) is 2. The maximum Gasteiger partial charge on any atom is 0.407 e. The third-order valence-corrected chi connectivity index (χ3v) is 2.54. The Morgan fingerprint density at radius 2 is 1.90 bits per heavy atom. The Morgan fingerprint density at radius 1 is 1.19 bits per heavy atom. The summed E-state index contributed by atoms with van der Waals surface area (Å²) in [6.07, 6.45) is 1.07. The number of nitrogens with two attached hydrogens (primary N) is 1. The van der Waals surface area contributed by atoms with Crippen LogP contribution in [0, 0.1) is 0 Å². The van der Waals surface area contributed by atoms with Crippen molar-refractivity contribution in [2.45, 2.75) is 19.4 Å². The molecule has 0 fully saturated rings. The standard InChI is InChI=1S/C14H20N2O5/c15-7-1-2-8-20-12-5-3-11(4-6-12)10-21-14(19)16-9-13(17)18/h3-6H,1-2,7-10,15H2,(H,16,19)(H,17,18). The van der Waals surface area contributed by atoms with Crippen molar-refractivity contribution in [1.29, 1.82) is 0 Å². The number of nitrogens with one attached hydrogen (secondary N) is 1. The van der Waals surface area contributed by atoms with Gasteiger partial charge in [-0.3, -0.25) is 4.79 Å². The van der Waals surface area contributed by atoms with E-state index in [1.807, 2.05) is 0 Å². The van der Waals surface area contributed by atoms with E-state index in [0.717, 1.165) is 24.2 Å². The van der Waals surface area contributed by atoms with Crippen molar-refractivity contribution in [3.63, 3.8) is 0 Å². The van der Waals surface area contributed by atoms with Crippen LogP contribution < -0.4 is 15.8 Å². The molecule has 0 spiro atoms. The summed E-state index contributed by atoms with van der Waals surface area (Å²) in [6, 6.07) is 7.14. The number of carbonyl (C=O) groups is 2. The van der Waals surface area contributed by atoms with E-state index < -0.39 is 18.6 Å². The molecule has 116 valence electrons. The van der Waals surface area contributed by atoms with E-state index in [4.69, 9.17) is 20.3 Å². The third-order valence-electron chi connectivity index (χ3n) is 2.54. The molecule has 0 aromatic heterocycles. The number of carboxylic acid groups (broad SMARTS) is 1. The molecule has 0 saturated carbocycles. The van der Waals surface area contributed by atoms with Crippen LogP contribution in [0.5, 0.6) is 5.75 Å². The highest BCUT2D eigenvalue weighted by Gasteiger charge is 2.05. The van der Waals surface area contributed by atoms with Gasteiger partial charge < -0.3 is 25.6 Å². The fourth-order valence-corrected chi connectivity index (χ4v) is 1.47. The molecule has 0 heterocycles. The summed E-state index contributed by atoms with van der Waals surface area (Å²) in [7, 11) is 0. The van der Waals surface area contributed by atoms with E-state index in [9.17, 15) is 9.59 Å². The second-order valence-corrected chi connectivity index (χ2v) is 4.31. The molecule has 7 heteroatoms. The van der Waals surface area contributed by atoms with Crippen molar-refractivity contribution in [2.75, 3.05) is 19.7 Å². The summed E-state index contributed by atoms with van der Waals surface area (Å²) < 4.78 is 10.4. The molecule has 0 unspecified atom stereocenters. The fraction of sp³-hybridized carbons (Fsp3) is 0.429. The van der Waals surface area contributed by atoms with Crippen LogP contribution >= 0.6 is 0 Å². The Morgan fingerprint density at radius 3 is 2.52 bits per heavy atom. The summed E-state index contributed by atoms with van der Waals surface area (Å²) in [4.78, 5) is 21.4. The molecular weight excluding hydrogens is 276 g/mol. The highest BCUT2D eigenvalue weighted by atomic mass is 16.5. The number of unbranched alkanes of at least 4 members (excludes halogenated alkanes) is 1. The molecule has 0 aliphatic carbocycles. The Balaban J connectivity index is 2.27. The molecule has 21 heavy (non-hydrogen) atoms. The van der Waals surface area contributed by atoms with Gasteiger partial charge in [0.2, 0.25) is 0 Å². The van der Waals surface area contributed by atoms with Crippen LogP contribution in [0.25, 0.3) is 0 Å². The summed E-state index contributed by atoms with van der Waals surface area (Å²) in [5, 5.41) is 10.5. The minimum atomic E-state index is -1.12. The number of amides is 1. The third kappa shape index (κ3) is 7.78. The molecule has 4 N–H and O–H groups in total. The van der Waals surface area contributed by atoms with E-state index in [0.29, 0.717) is 13.2 Å². The van der Waals surface area contributed by atoms with Crippen LogP contribution in [0.3, 0.4) is 0 Å². The van der Waals surface area contributed by atoms with Crippen LogP contribution in [0.1, 0.15) is 18.4 Å². The monoisotopic (exact) mass is 296 g/mol. The molecule has 7 nitrogen and oxygen atoms in total.